The summed E-state index contributed by atoms with van der Waals surface area (Å²) in [5.74, 6) is 0.360. The van der Waals surface area contributed by atoms with Crippen LogP contribution in [-0.2, 0) is 4.74 Å². The first-order chi connectivity index (χ1) is 6.74. The van der Waals surface area contributed by atoms with E-state index in [9.17, 15) is 4.79 Å². The molecule has 0 radical (unpaired) electrons. The number of nitrogens with one attached hydrogen (secondary N) is 1. The highest BCUT2D eigenvalue weighted by Crippen LogP contribution is 2.10. The highest BCUT2D eigenvalue weighted by Gasteiger charge is 2.17. The monoisotopic (exact) mass is 215 g/mol. The minimum Gasteiger partial charge on any atom is -0.514 e. The van der Waals surface area contributed by atoms with Gasteiger partial charge in [0.1, 0.15) is 5.60 Å². The molecule has 0 spiro atoms. The summed E-state index contributed by atoms with van der Waals surface area (Å²) in [6, 6.07) is 0. The van der Waals surface area contributed by atoms with Crippen molar-refractivity contribution in [2.45, 2.75) is 46.6 Å². The zero-order chi connectivity index (χ0) is 12.1. The van der Waals surface area contributed by atoms with E-state index in [0.717, 1.165) is 6.26 Å². The van der Waals surface area contributed by atoms with E-state index in [1.165, 1.54) is 0 Å². The third-order valence-corrected chi connectivity index (χ3v) is 1.45. The smallest absolute Gasteiger partial charge is 0.411 e. The molecule has 0 aliphatic rings. The van der Waals surface area contributed by atoms with Crippen molar-refractivity contribution in [2.75, 3.05) is 0 Å². The van der Waals surface area contributed by atoms with Crippen LogP contribution in [0.25, 0.3) is 0 Å². The summed E-state index contributed by atoms with van der Waals surface area (Å²) in [7, 11) is 0. The van der Waals surface area contributed by atoms with Gasteiger partial charge in [-0.3, -0.25) is 5.32 Å². The molecular weight excluding hydrogens is 194 g/mol. The van der Waals surface area contributed by atoms with E-state index in [1.807, 2.05) is 13.8 Å². The Hall–Kier alpha value is -1.19. The van der Waals surface area contributed by atoms with Gasteiger partial charge in [0.25, 0.3) is 0 Å². The van der Waals surface area contributed by atoms with Crippen molar-refractivity contribution in [2.24, 2.45) is 5.92 Å². The van der Waals surface area contributed by atoms with Gasteiger partial charge in [-0.25, -0.2) is 4.79 Å². The minimum absolute atomic E-state index is 0.360. The van der Waals surface area contributed by atoms with E-state index in [0.29, 0.717) is 18.0 Å². The largest absolute Gasteiger partial charge is 0.514 e. The number of amides is 1. The molecule has 0 aromatic rings. The summed E-state index contributed by atoms with van der Waals surface area (Å²) in [5.41, 5.74) is -0.0538. The fourth-order valence-electron chi connectivity index (χ4n) is 1.01. The van der Waals surface area contributed by atoms with Crippen LogP contribution in [-0.4, -0.2) is 16.8 Å². The highest BCUT2D eigenvalue weighted by atomic mass is 16.6. The molecule has 0 atom stereocenters. The van der Waals surface area contributed by atoms with Crippen LogP contribution in [0.1, 0.15) is 41.0 Å². The number of alkyl carbamates (subject to hydrolysis) is 1. The van der Waals surface area contributed by atoms with Gasteiger partial charge < -0.3 is 9.84 Å². The fraction of sp³-hybridized carbons (Fsp3) is 0.727. The summed E-state index contributed by atoms with van der Waals surface area (Å²) in [4.78, 5) is 11.3. The normalized spacial score (nSPS) is 12.8. The number of allylic oxidation sites excluding steroid dienone is 1. The van der Waals surface area contributed by atoms with Gasteiger partial charge in [0.2, 0.25) is 0 Å². The zero-order valence-electron chi connectivity index (χ0n) is 10.1. The minimum atomic E-state index is -0.538. The Kier molecular flexibility index (Phi) is 5.19. The highest BCUT2D eigenvalue weighted by molar-refractivity contribution is 5.69. The summed E-state index contributed by atoms with van der Waals surface area (Å²) >= 11 is 0. The van der Waals surface area contributed by atoms with Crippen molar-refractivity contribution in [3.8, 4) is 0 Å². The molecule has 0 saturated carbocycles. The summed E-state index contributed by atoms with van der Waals surface area (Å²) in [5, 5.41) is 11.4. The first-order valence-corrected chi connectivity index (χ1v) is 5.08. The van der Waals surface area contributed by atoms with Crippen LogP contribution in [0.3, 0.4) is 0 Å². The number of ether oxygens (including phenoxy) is 1. The van der Waals surface area contributed by atoms with Crippen molar-refractivity contribution < 1.29 is 14.6 Å². The van der Waals surface area contributed by atoms with Gasteiger partial charge in [0, 0.05) is 0 Å². The maximum atomic E-state index is 11.3. The van der Waals surface area contributed by atoms with Crippen LogP contribution in [0.15, 0.2) is 12.0 Å². The first-order valence-electron chi connectivity index (χ1n) is 5.08. The molecule has 0 aliphatic heterocycles. The van der Waals surface area contributed by atoms with E-state index in [1.54, 1.807) is 20.8 Å². The summed E-state index contributed by atoms with van der Waals surface area (Å²) in [6.45, 7) is 9.37. The molecule has 0 aromatic heterocycles. The fourth-order valence-corrected chi connectivity index (χ4v) is 1.01. The van der Waals surface area contributed by atoms with Gasteiger partial charge >= 0.3 is 6.09 Å². The SMILES string of the molecule is CC(C)CC(=CO)NC(=O)OC(C)(C)C. The van der Waals surface area contributed by atoms with Crippen molar-refractivity contribution in [1.29, 1.82) is 0 Å². The maximum Gasteiger partial charge on any atom is 0.411 e. The number of aliphatic hydroxyl groups excluding tert-OH is 1. The first kappa shape index (κ1) is 13.8. The Morgan fingerprint density at radius 2 is 2.00 bits per heavy atom. The van der Waals surface area contributed by atoms with Crippen molar-refractivity contribution >= 4 is 6.09 Å². The van der Waals surface area contributed by atoms with Gasteiger partial charge in [-0.05, 0) is 33.1 Å². The van der Waals surface area contributed by atoms with Crippen molar-refractivity contribution in [3.63, 3.8) is 0 Å². The summed E-state index contributed by atoms with van der Waals surface area (Å²) < 4.78 is 5.05. The Balaban J connectivity index is 4.15. The molecule has 88 valence electrons. The van der Waals surface area contributed by atoms with Crippen LogP contribution in [0, 0.1) is 5.92 Å². The van der Waals surface area contributed by atoms with Gasteiger partial charge in [-0.1, -0.05) is 13.8 Å². The van der Waals surface area contributed by atoms with Crippen LogP contribution >= 0.6 is 0 Å². The Morgan fingerprint density at radius 1 is 1.47 bits per heavy atom. The molecule has 0 rings (SSSR count). The molecule has 0 aromatic carbocycles. The number of hydrogen-bond donors (Lipinski definition) is 2. The quantitative estimate of drug-likeness (QED) is 0.711. The van der Waals surface area contributed by atoms with E-state index in [-0.39, 0.29) is 0 Å². The Labute approximate surface area is 91.3 Å². The zero-order valence-corrected chi connectivity index (χ0v) is 10.1. The lowest BCUT2D eigenvalue weighted by Gasteiger charge is -2.20. The molecule has 0 bridgehead atoms. The van der Waals surface area contributed by atoms with Crippen molar-refractivity contribution in [1.82, 2.24) is 5.32 Å². The predicted octanol–water partition coefficient (Wildman–Crippen LogP) is 2.96. The molecule has 4 nitrogen and oxygen atoms in total. The second-order valence-corrected chi connectivity index (χ2v) is 4.88. The third-order valence-electron chi connectivity index (χ3n) is 1.45. The lowest BCUT2D eigenvalue weighted by Crippen LogP contribution is -2.32. The average molecular weight is 215 g/mol. The number of carbonyl (C=O) groups excluding carboxylic acids is 1. The topological polar surface area (TPSA) is 58.6 Å². The number of carbonyl (C=O) groups is 1. The molecule has 1 amide bonds. The van der Waals surface area contributed by atoms with Crippen LogP contribution in [0.5, 0.6) is 0 Å². The van der Waals surface area contributed by atoms with Crippen molar-refractivity contribution in [3.05, 3.63) is 12.0 Å². The summed E-state index contributed by atoms with van der Waals surface area (Å²) in [6.07, 6.45) is 0.975. The standard InChI is InChI=1S/C11H21NO3/c1-8(2)6-9(7-13)12-10(14)15-11(3,4)5/h7-8,13H,6H2,1-5H3,(H,12,14). The van der Waals surface area contributed by atoms with Crippen LogP contribution < -0.4 is 5.32 Å². The Bertz CT molecular complexity index is 239. The average Bonchev–Trinajstić information content (AvgIpc) is 1.98. The van der Waals surface area contributed by atoms with E-state index < -0.39 is 11.7 Å². The second-order valence-electron chi connectivity index (χ2n) is 4.88. The van der Waals surface area contributed by atoms with Gasteiger partial charge in [0.15, 0.2) is 0 Å². The maximum absolute atomic E-state index is 11.3. The molecule has 4 heteroatoms. The van der Waals surface area contributed by atoms with Gasteiger partial charge in [-0.2, -0.15) is 0 Å². The molecule has 0 saturated heterocycles. The third kappa shape index (κ3) is 7.85. The van der Waals surface area contributed by atoms with Crippen LogP contribution in [0.2, 0.25) is 0 Å². The van der Waals surface area contributed by atoms with E-state index in [4.69, 9.17) is 9.84 Å². The predicted molar refractivity (Wildman–Crippen MR) is 59.5 cm³/mol. The van der Waals surface area contributed by atoms with E-state index >= 15 is 0 Å². The lowest BCUT2D eigenvalue weighted by atomic mass is 10.1. The molecule has 0 aliphatic carbocycles. The molecule has 0 heterocycles. The lowest BCUT2D eigenvalue weighted by molar-refractivity contribution is 0.0541. The molecule has 15 heavy (non-hydrogen) atoms. The number of hydrogen-bond acceptors (Lipinski definition) is 3. The number of aliphatic hydroxyl groups is 1. The van der Waals surface area contributed by atoms with E-state index in [2.05, 4.69) is 5.32 Å². The van der Waals surface area contributed by atoms with Gasteiger partial charge in [-0.15, -0.1) is 0 Å². The molecular formula is C11H21NO3. The molecule has 2 N–H and O–H groups in total. The molecule has 0 unspecified atom stereocenters. The van der Waals surface area contributed by atoms with Gasteiger partial charge in [0.05, 0.1) is 12.0 Å². The second kappa shape index (κ2) is 5.63. The Morgan fingerprint density at radius 3 is 2.33 bits per heavy atom. The van der Waals surface area contributed by atoms with Crippen LogP contribution in [0.4, 0.5) is 4.79 Å². The number of rotatable bonds is 3. The molecule has 0 fully saturated rings.